The molecule has 0 saturated heterocycles. The summed E-state index contributed by atoms with van der Waals surface area (Å²) >= 11 is 0. The van der Waals surface area contributed by atoms with Crippen molar-refractivity contribution in [3.63, 3.8) is 0 Å². The Balaban J connectivity index is 1.62. The number of aryl methyl sites for hydroxylation is 1. The second-order valence-corrected chi connectivity index (χ2v) is 6.05. The molecule has 0 radical (unpaired) electrons. The normalized spacial score (nSPS) is 11.0. The first-order valence-corrected chi connectivity index (χ1v) is 8.41. The number of nitrogens with one attached hydrogen (secondary N) is 3. The molecule has 0 unspecified atom stereocenters. The maximum Gasteiger partial charge on any atom is 0.355 e. The van der Waals surface area contributed by atoms with Crippen LogP contribution in [0.5, 0.6) is 0 Å². The van der Waals surface area contributed by atoms with Crippen LogP contribution in [0.25, 0.3) is 16.8 Å². The van der Waals surface area contributed by atoms with Crippen molar-refractivity contribution in [2.45, 2.75) is 19.9 Å². The third-order valence-corrected chi connectivity index (χ3v) is 3.92. The molecule has 1 aromatic carbocycles. The molecule has 2 aromatic heterocycles. The maximum atomic E-state index is 12.2. The van der Waals surface area contributed by atoms with Crippen molar-refractivity contribution in [2.24, 2.45) is 5.73 Å². The molecular formula is C18H22N6O2. The number of nitrogens with two attached hydrogens (primary N) is 1. The highest BCUT2D eigenvalue weighted by molar-refractivity contribution is 5.74. The van der Waals surface area contributed by atoms with Gasteiger partial charge in [0.05, 0.1) is 11.1 Å². The van der Waals surface area contributed by atoms with Crippen molar-refractivity contribution in [3.05, 3.63) is 58.3 Å². The molecule has 0 aliphatic carbocycles. The smallest absolute Gasteiger partial charge is 0.355 e. The van der Waals surface area contributed by atoms with Crippen LogP contribution < -0.4 is 22.1 Å². The Hall–Kier alpha value is -3.13. The SMILES string of the molecule is Cc1cc2cn(-c3ccc(CNCCCNC(=N)N)cc3)c(=O)nc2o1. The van der Waals surface area contributed by atoms with Gasteiger partial charge in [0.1, 0.15) is 5.76 Å². The van der Waals surface area contributed by atoms with E-state index in [0.29, 0.717) is 12.3 Å². The van der Waals surface area contributed by atoms with Crippen LogP contribution in [0.1, 0.15) is 17.7 Å². The molecule has 0 amide bonds. The van der Waals surface area contributed by atoms with E-state index >= 15 is 0 Å². The van der Waals surface area contributed by atoms with Crippen LogP contribution in [0.4, 0.5) is 0 Å². The van der Waals surface area contributed by atoms with Crippen LogP contribution >= 0.6 is 0 Å². The van der Waals surface area contributed by atoms with Gasteiger partial charge >= 0.3 is 5.69 Å². The topological polar surface area (TPSA) is 122 Å². The van der Waals surface area contributed by atoms with E-state index in [9.17, 15) is 4.79 Å². The van der Waals surface area contributed by atoms with Crippen molar-refractivity contribution in [1.82, 2.24) is 20.2 Å². The molecule has 0 aliphatic rings. The van der Waals surface area contributed by atoms with Gasteiger partial charge in [-0.05, 0) is 43.7 Å². The number of guanidine groups is 1. The molecule has 0 aliphatic heterocycles. The van der Waals surface area contributed by atoms with Crippen LogP contribution in [0, 0.1) is 12.3 Å². The summed E-state index contributed by atoms with van der Waals surface area (Å²) in [6, 6.07) is 9.62. The van der Waals surface area contributed by atoms with E-state index in [1.165, 1.54) is 4.57 Å². The third-order valence-electron chi connectivity index (χ3n) is 3.92. The largest absolute Gasteiger partial charge is 0.443 e. The van der Waals surface area contributed by atoms with Gasteiger partial charge in [-0.15, -0.1) is 0 Å². The maximum absolute atomic E-state index is 12.2. The Labute approximate surface area is 150 Å². The van der Waals surface area contributed by atoms with E-state index in [2.05, 4.69) is 15.6 Å². The van der Waals surface area contributed by atoms with Crippen LogP contribution in [-0.4, -0.2) is 28.6 Å². The second kappa shape index (κ2) is 7.83. The highest BCUT2D eigenvalue weighted by Crippen LogP contribution is 2.16. The third kappa shape index (κ3) is 4.28. The van der Waals surface area contributed by atoms with Gasteiger partial charge in [0, 0.05) is 19.3 Å². The molecular weight excluding hydrogens is 332 g/mol. The fraction of sp³-hybridized carbons (Fsp3) is 0.278. The molecule has 3 aromatic rings. The van der Waals surface area contributed by atoms with Crippen LogP contribution in [0.3, 0.4) is 0 Å². The van der Waals surface area contributed by atoms with Crippen LogP contribution in [0.2, 0.25) is 0 Å². The highest BCUT2D eigenvalue weighted by Gasteiger charge is 2.07. The molecule has 0 fully saturated rings. The minimum atomic E-state index is -0.365. The Bertz CT molecular complexity index is 958. The van der Waals surface area contributed by atoms with Gasteiger partial charge in [-0.3, -0.25) is 9.98 Å². The summed E-state index contributed by atoms with van der Waals surface area (Å²) in [7, 11) is 0. The second-order valence-electron chi connectivity index (χ2n) is 6.05. The van der Waals surface area contributed by atoms with Crippen molar-refractivity contribution in [2.75, 3.05) is 13.1 Å². The Morgan fingerprint density at radius 2 is 2.08 bits per heavy atom. The lowest BCUT2D eigenvalue weighted by molar-refractivity contribution is 0.564. The van der Waals surface area contributed by atoms with Crippen molar-refractivity contribution in [1.29, 1.82) is 5.41 Å². The fourth-order valence-electron chi connectivity index (χ4n) is 2.67. The zero-order chi connectivity index (χ0) is 18.5. The average molecular weight is 354 g/mol. The summed E-state index contributed by atoms with van der Waals surface area (Å²) in [5, 5.41) is 14.0. The van der Waals surface area contributed by atoms with E-state index in [0.717, 1.165) is 41.9 Å². The minimum Gasteiger partial charge on any atom is -0.443 e. The molecule has 8 heteroatoms. The number of benzene rings is 1. The molecule has 136 valence electrons. The van der Waals surface area contributed by atoms with E-state index in [4.69, 9.17) is 15.6 Å². The lowest BCUT2D eigenvalue weighted by Crippen LogP contribution is -2.32. The summed E-state index contributed by atoms with van der Waals surface area (Å²) in [5.41, 5.74) is 7.10. The van der Waals surface area contributed by atoms with Gasteiger partial charge in [-0.25, -0.2) is 4.79 Å². The monoisotopic (exact) mass is 354 g/mol. The lowest BCUT2D eigenvalue weighted by Gasteiger charge is -2.08. The summed E-state index contributed by atoms with van der Waals surface area (Å²) < 4.78 is 6.90. The van der Waals surface area contributed by atoms with Crippen LogP contribution in [-0.2, 0) is 6.54 Å². The fourth-order valence-corrected chi connectivity index (χ4v) is 2.67. The number of rotatable bonds is 7. The molecule has 0 saturated carbocycles. The van der Waals surface area contributed by atoms with Crippen molar-refractivity contribution >= 4 is 17.1 Å². The number of furan rings is 1. The van der Waals surface area contributed by atoms with E-state index in [1.807, 2.05) is 37.3 Å². The summed E-state index contributed by atoms with van der Waals surface area (Å²) in [6.07, 6.45) is 2.62. The predicted molar refractivity (Wildman–Crippen MR) is 101 cm³/mol. The molecule has 0 atom stereocenters. The van der Waals surface area contributed by atoms with Crippen LogP contribution in [0.15, 0.2) is 45.7 Å². The minimum absolute atomic E-state index is 0.00547. The average Bonchev–Trinajstić information content (AvgIpc) is 2.96. The quantitative estimate of drug-likeness (QED) is 0.288. The highest BCUT2D eigenvalue weighted by atomic mass is 16.3. The van der Waals surface area contributed by atoms with E-state index in [-0.39, 0.29) is 11.6 Å². The number of nitrogens with zero attached hydrogens (tertiary/aromatic N) is 2. The number of hydrogen-bond acceptors (Lipinski definition) is 5. The predicted octanol–water partition coefficient (Wildman–Crippen LogP) is 1.25. The zero-order valence-electron chi connectivity index (χ0n) is 14.6. The van der Waals surface area contributed by atoms with E-state index < -0.39 is 0 Å². The number of hydrogen-bond donors (Lipinski definition) is 4. The number of fused-ring (bicyclic) bond motifs is 1. The van der Waals surface area contributed by atoms with Gasteiger partial charge in [0.15, 0.2) is 5.96 Å². The lowest BCUT2D eigenvalue weighted by atomic mass is 10.2. The summed E-state index contributed by atoms with van der Waals surface area (Å²) in [4.78, 5) is 16.2. The Kier molecular flexibility index (Phi) is 5.33. The van der Waals surface area contributed by atoms with Crippen molar-refractivity contribution < 1.29 is 4.42 Å². The Morgan fingerprint density at radius 1 is 1.31 bits per heavy atom. The molecule has 0 spiro atoms. The zero-order valence-corrected chi connectivity index (χ0v) is 14.6. The summed E-state index contributed by atoms with van der Waals surface area (Å²) in [5.74, 6) is 0.721. The first-order chi connectivity index (χ1) is 12.5. The van der Waals surface area contributed by atoms with E-state index in [1.54, 1.807) is 6.20 Å². The molecule has 8 nitrogen and oxygen atoms in total. The first-order valence-electron chi connectivity index (χ1n) is 8.41. The van der Waals surface area contributed by atoms with Gasteiger partial charge < -0.3 is 20.8 Å². The molecule has 5 N–H and O–H groups in total. The first kappa shape index (κ1) is 17.7. The molecule has 0 bridgehead atoms. The van der Waals surface area contributed by atoms with Gasteiger partial charge in [-0.2, -0.15) is 4.98 Å². The molecule has 3 rings (SSSR count). The van der Waals surface area contributed by atoms with Gasteiger partial charge in [-0.1, -0.05) is 12.1 Å². The number of aromatic nitrogens is 2. The standard InChI is InChI=1S/C18H22N6O2/c1-12-9-14-11-24(18(25)23-16(14)26-12)15-5-3-13(4-6-15)10-21-7-2-8-22-17(19)20/h3-6,9,11,21H,2,7-8,10H2,1H3,(H4,19,20,22). The van der Waals surface area contributed by atoms with Crippen molar-refractivity contribution in [3.8, 4) is 5.69 Å². The Morgan fingerprint density at radius 3 is 2.81 bits per heavy atom. The van der Waals surface area contributed by atoms with Gasteiger partial charge in [0.2, 0.25) is 5.71 Å². The summed E-state index contributed by atoms with van der Waals surface area (Å²) in [6.45, 7) is 4.05. The molecule has 2 heterocycles. The van der Waals surface area contributed by atoms with Gasteiger partial charge in [0.25, 0.3) is 0 Å². The molecule has 26 heavy (non-hydrogen) atoms.